The van der Waals surface area contributed by atoms with Gasteiger partial charge in [0, 0.05) is 38.4 Å². The van der Waals surface area contributed by atoms with Crippen molar-refractivity contribution in [3.8, 4) is 0 Å². The first-order valence-corrected chi connectivity index (χ1v) is 7.80. The molecule has 0 radical (unpaired) electrons. The van der Waals surface area contributed by atoms with Crippen LogP contribution in [0.2, 0.25) is 0 Å². The van der Waals surface area contributed by atoms with Crippen LogP contribution < -0.4 is 10.6 Å². The zero-order valence-electron chi connectivity index (χ0n) is 12.5. The van der Waals surface area contributed by atoms with Gasteiger partial charge in [-0.15, -0.1) is 0 Å². The first-order chi connectivity index (χ1) is 10.2. The zero-order valence-corrected chi connectivity index (χ0v) is 12.5. The Morgan fingerprint density at radius 3 is 3.00 bits per heavy atom. The normalized spacial score (nSPS) is 30.6. The van der Waals surface area contributed by atoms with Gasteiger partial charge in [-0.1, -0.05) is 0 Å². The fraction of sp³-hybridized carbons (Fsp3) is 0.733. The van der Waals surface area contributed by atoms with Crippen LogP contribution >= 0.6 is 0 Å². The molecule has 0 aliphatic heterocycles. The van der Waals surface area contributed by atoms with E-state index in [-0.39, 0.29) is 24.6 Å². The fourth-order valence-electron chi connectivity index (χ4n) is 4.02. The number of fused-ring (bicyclic) bond motifs is 2. The maximum absolute atomic E-state index is 12.0. The van der Waals surface area contributed by atoms with Crippen molar-refractivity contribution in [1.82, 2.24) is 20.4 Å². The summed E-state index contributed by atoms with van der Waals surface area (Å²) in [5.41, 5.74) is 1.12. The van der Waals surface area contributed by atoms with Gasteiger partial charge < -0.3 is 15.7 Å². The lowest BCUT2D eigenvalue weighted by atomic mass is 9.85. The Morgan fingerprint density at radius 1 is 1.48 bits per heavy atom. The highest BCUT2D eigenvalue weighted by atomic mass is 16.3. The molecule has 6 heteroatoms. The Balaban J connectivity index is 1.44. The molecule has 1 heterocycles. The van der Waals surface area contributed by atoms with E-state index >= 15 is 0 Å². The number of hydrogen-bond donors (Lipinski definition) is 3. The molecule has 116 valence electrons. The summed E-state index contributed by atoms with van der Waals surface area (Å²) >= 11 is 0. The minimum absolute atomic E-state index is 0.116. The van der Waals surface area contributed by atoms with E-state index in [2.05, 4.69) is 15.7 Å². The van der Waals surface area contributed by atoms with E-state index in [9.17, 15) is 9.90 Å². The van der Waals surface area contributed by atoms with Crippen LogP contribution in [0.3, 0.4) is 0 Å². The van der Waals surface area contributed by atoms with Gasteiger partial charge in [0.2, 0.25) is 0 Å². The molecule has 2 saturated carbocycles. The molecule has 2 bridgehead atoms. The van der Waals surface area contributed by atoms with Crippen LogP contribution in [0.5, 0.6) is 0 Å². The highest BCUT2D eigenvalue weighted by Crippen LogP contribution is 2.48. The maximum atomic E-state index is 12.0. The van der Waals surface area contributed by atoms with E-state index in [0.717, 1.165) is 18.4 Å². The Hall–Kier alpha value is -1.56. The van der Waals surface area contributed by atoms with Crippen LogP contribution in [0, 0.1) is 17.8 Å². The average Bonchev–Trinajstić information content (AvgIpc) is 3.15. The third kappa shape index (κ3) is 3.05. The molecule has 2 fully saturated rings. The zero-order chi connectivity index (χ0) is 14.8. The number of aliphatic hydroxyl groups excluding tert-OH is 1. The van der Waals surface area contributed by atoms with E-state index in [1.54, 1.807) is 4.68 Å². The molecule has 1 aromatic rings. The second kappa shape index (κ2) is 6.05. The number of carbonyl (C=O) groups excluding carboxylic acids is 1. The fourth-order valence-corrected chi connectivity index (χ4v) is 4.02. The molecule has 1 aromatic heterocycles. The summed E-state index contributed by atoms with van der Waals surface area (Å²) in [4.78, 5) is 12.0. The molecular formula is C15H24N4O2. The van der Waals surface area contributed by atoms with Crippen molar-refractivity contribution in [2.24, 2.45) is 24.8 Å². The summed E-state index contributed by atoms with van der Waals surface area (Å²) in [6.07, 6.45) is 8.10. The molecule has 2 amide bonds. The molecule has 0 saturated heterocycles. The summed E-state index contributed by atoms with van der Waals surface area (Å²) in [5, 5.41) is 19.6. The molecule has 3 N–H and O–H groups in total. The summed E-state index contributed by atoms with van der Waals surface area (Å²) in [6, 6.07) is 0.0297. The summed E-state index contributed by atoms with van der Waals surface area (Å²) in [5.74, 6) is 1.39. The van der Waals surface area contributed by atoms with Crippen LogP contribution in [-0.4, -0.2) is 40.1 Å². The van der Waals surface area contributed by atoms with Gasteiger partial charge in [-0.25, -0.2) is 4.79 Å². The van der Waals surface area contributed by atoms with E-state index in [4.69, 9.17) is 0 Å². The van der Waals surface area contributed by atoms with E-state index in [1.165, 1.54) is 12.8 Å². The third-order valence-corrected chi connectivity index (χ3v) is 5.05. The molecule has 6 nitrogen and oxygen atoms in total. The summed E-state index contributed by atoms with van der Waals surface area (Å²) in [6.45, 7) is 0.782. The summed E-state index contributed by atoms with van der Waals surface area (Å²) < 4.78 is 1.76. The van der Waals surface area contributed by atoms with Crippen molar-refractivity contribution in [1.29, 1.82) is 0 Å². The number of aliphatic hydroxyl groups is 1. The predicted molar refractivity (Wildman–Crippen MR) is 78.6 cm³/mol. The number of nitrogens with zero attached hydrogens (tertiary/aromatic N) is 2. The molecule has 0 spiro atoms. The SMILES string of the molecule is Cn1cc(CCNC(=O)NC2C3CCC(C3)C2CO)cn1. The molecule has 0 aromatic carbocycles. The number of amides is 2. The van der Waals surface area contributed by atoms with Crippen LogP contribution in [0.25, 0.3) is 0 Å². The standard InChI is InChI=1S/C15H24N4O2/c1-19-8-10(7-17-19)4-5-16-15(21)18-14-12-3-2-11(6-12)13(14)9-20/h7-8,11-14,20H,2-6,9H2,1H3,(H2,16,18,21). The lowest BCUT2D eigenvalue weighted by molar-refractivity contribution is 0.144. The highest BCUT2D eigenvalue weighted by Gasteiger charge is 2.47. The van der Waals surface area contributed by atoms with E-state index < -0.39 is 0 Å². The molecule has 4 atom stereocenters. The van der Waals surface area contributed by atoms with Gasteiger partial charge in [-0.05, 0) is 43.1 Å². The topological polar surface area (TPSA) is 79.2 Å². The van der Waals surface area contributed by atoms with Crippen LogP contribution in [-0.2, 0) is 13.5 Å². The quantitative estimate of drug-likeness (QED) is 0.746. The Labute approximate surface area is 124 Å². The third-order valence-electron chi connectivity index (χ3n) is 5.05. The Bertz CT molecular complexity index is 502. The van der Waals surface area contributed by atoms with Gasteiger partial charge in [0.1, 0.15) is 0 Å². The smallest absolute Gasteiger partial charge is 0.315 e. The van der Waals surface area contributed by atoms with Crippen molar-refractivity contribution in [2.45, 2.75) is 31.7 Å². The molecular weight excluding hydrogens is 268 g/mol. The van der Waals surface area contributed by atoms with Crippen LogP contribution in [0.4, 0.5) is 4.79 Å². The average molecular weight is 292 g/mol. The number of rotatable bonds is 5. The lowest BCUT2D eigenvalue weighted by Gasteiger charge is -2.30. The Morgan fingerprint density at radius 2 is 2.29 bits per heavy atom. The summed E-state index contributed by atoms with van der Waals surface area (Å²) in [7, 11) is 1.88. The van der Waals surface area contributed by atoms with Gasteiger partial charge in [0.25, 0.3) is 0 Å². The van der Waals surface area contributed by atoms with Gasteiger partial charge in [-0.2, -0.15) is 5.10 Å². The minimum Gasteiger partial charge on any atom is -0.396 e. The van der Waals surface area contributed by atoms with Crippen molar-refractivity contribution in [2.75, 3.05) is 13.2 Å². The predicted octanol–water partition coefficient (Wildman–Crippen LogP) is 0.669. The lowest BCUT2D eigenvalue weighted by Crippen LogP contribution is -2.49. The molecule has 21 heavy (non-hydrogen) atoms. The number of aryl methyl sites for hydroxylation is 1. The number of urea groups is 1. The van der Waals surface area contributed by atoms with Crippen molar-refractivity contribution >= 4 is 6.03 Å². The maximum Gasteiger partial charge on any atom is 0.315 e. The van der Waals surface area contributed by atoms with Crippen LogP contribution in [0.15, 0.2) is 12.4 Å². The van der Waals surface area contributed by atoms with Crippen LogP contribution in [0.1, 0.15) is 24.8 Å². The molecule has 3 rings (SSSR count). The number of hydrogen-bond acceptors (Lipinski definition) is 3. The minimum atomic E-state index is -0.116. The van der Waals surface area contributed by atoms with Crippen molar-refractivity contribution < 1.29 is 9.90 Å². The van der Waals surface area contributed by atoms with Gasteiger partial charge >= 0.3 is 6.03 Å². The monoisotopic (exact) mass is 292 g/mol. The van der Waals surface area contributed by atoms with Gasteiger partial charge in [0.05, 0.1) is 6.20 Å². The highest BCUT2D eigenvalue weighted by molar-refractivity contribution is 5.74. The van der Waals surface area contributed by atoms with Gasteiger partial charge in [-0.3, -0.25) is 4.68 Å². The first-order valence-electron chi connectivity index (χ1n) is 7.80. The number of nitrogens with one attached hydrogen (secondary N) is 2. The molecule has 4 unspecified atom stereocenters. The number of carbonyl (C=O) groups is 1. The van der Waals surface area contributed by atoms with Gasteiger partial charge in [0.15, 0.2) is 0 Å². The number of aromatic nitrogens is 2. The first kappa shape index (κ1) is 14.4. The second-order valence-corrected chi connectivity index (χ2v) is 6.38. The largest absolute Gasteiger partial charge is 0.396 e. The van der Waals surface area contributed by atoms with Crippen molar-refractivity contribution in [3.05, 3.63) is 18.0 Å². The van der Waals surface area contributed by atoms with E-state index in [0.29, 0.717) is 18.4 Å². The van der Waals surface area contributed by atoms with Crippen molar-refractivity contribution in [3.63, 3.8) is 0 Å². The molecule has 2 aliphatic rings. The van der Waals surface area contributed by atoms with E-state index in [1.807, 2.05) is 19.4 Å². The second-order valence-electron chi connectivity index (χ2n) is 6.38. The molecule has 2 aliphatic carbocycles. The Kier molecular flexibility index (Phi) is 4.14.